The van der Waals surface area contributed by atoms with Crippen LogP contribution in [0.2, 0.25) is 0 Å². The van der Waals surface area contributed by atoms with Crippen molar-refractivity contribution in [3.8, 4) is 0 Å². The van der Waals surface area contributed by atoms with Crippen molar-refractivity contribution in [2.75, 3.05) is 5.43 Å². The van der Waals surface area contributed by atoms with Gasteiger partial charge in [0.05, 0.1) is 5.69 Å². The molecule has 2 nitrogen and oxygen atoms in total. The molecule has 0 amide bonds. The highest BCUT2D eigenvalue weighted by Crippen LogP contribution is 2.16. The Morgan fingerprint density at radius 3 is 2.41 bits per heavy atom. The van der Waals surface area contributed by atoms with Crippen LogP contribution in [0.15, 0.2) is 48.5 Å². The molecule has 2 rings (SSSR count). The highest BCUT2D eigenvalue weighted by Gasteiger charge is 1.99. The van der Waals surface area contributed by atoms with Crippen LogP contribution in [0.25, 0.3) is 0 Å². The van der Waals surface area contributed by atoms with E-state index in [1.807, 2.05) is 6.07 Å². The molecule has 0 spiro atoms. The van der Waals surface area contributed by atoms with Gasteiger partial charge in [0.15, 0.2) is 0 Å². The van der Waals surface area contributed by atoms with Crippen LogP contribution in [-0.4, -0.2) is 0 Å². The average molecular weight is 226 g/mol. The fraction of sp³-hybridized carbons (Fsp3) is 0.200. The van der Waals surface area contributed by atoms with Crippen molar-refractivity contribution in [2.24, 2.45) is 0 Å². The molecule has 2 heteroatoms. The van der Waals surface area contributed by atoms with Crippen molar-refractivity contribution < 1.29 is 0 Å². The van der Waals surface area contributed by atoms with E-state index in [0.717, 1.165) is 12.2 Å². The van der Waals surface area contributed by atoms with Gasteiger partial charge in [-0.3, -0.25) is 0 Å². The second-order valence-electron chi connectivity index (χ2n) is 4.21. The minimum Gasteiger partial charge on any atom is -0.321 e. The van der Waals surface area contributed by atoms with Crippen LogP contribution in [0, 0.1) is 13.8 Å². The van der Waals surface area contributed by atoms with Gasteiger partial charge in [-0.2, -0.15) is 0 Å². The molecule has 2 aromatic rings. The van der Waals surface area contributed by atoms with Gasteiger partial charge < -0.3 is 5.43 Å². The first kappa shape index (κ1) is 11.7. The SMILES string of the molecule is Cc1cccc(NNCc2ccccc2)c1C. The predicted molar refractivity (Wildman–Crippen MR) is 72.8 cm³/mol. The molecule has 0 atom stereocenters. The zero-order chi connectivity index (χ0) is 12.1. The largest absolute Gasteiger partial charge is 0.321 e. The Balaban J connectivity index is 1.93. The number of hydrazine groups is 1. The van der Waals surface area contributed by atoms with E-state index in [9.17, 15) is 0 Å². The maximum Gasteiger partial charge on any atom is 0.0519 e. The molecule has 17 heavy (non-hydrogen) atoms. The maximum absolute atomic E-state index is 3.25. The van der Waals surface area contributed by atoms with Crippen molar-refractivity contribution in [2.45, 2.75) is 20.4 Å². The van der Waals surface area contributed by atoms with Crippen molar-refractivity contribution in [1.29, 1.82) is 0 Å². The highest BCUT2D eigenvalue weighted by molar-refractivity contribution is 5.52. The Labute approximate surface area is 103 Å². The van der Waals surface area contributed by atoms with Gasteiger partial charge in [0.1, 0.15) is 0 Å². The molecule has 0 aliphatic carbocycles. The number of nitrogens with one attached hydrogen (secondary N) is 2. The summed E-state index contributed by atoms with van der Waals surface area (Å²) in [6.07, 6.45) is 0. The molecule has 0 saturated heterocycles. The zero-order valence-electron chi connectivity index (χ0n) is 10.3. The lowest BCUT2D eigenvalue weighted by Crippen LogP contribution is -2.21. The highest BCUT2D eigenvalue weighted by atomic mass is 15.3. The van der Waals surface area contributed by atoms with Gasteiger partial charge in [-0.1, -0.05) is 42.5 Å². The molecule has 2 N–H and O–H groups in total. The van der Waals surface area contributed by atoms with Crippen LogP contribution >= 0.6 is 0 Å². The van der Waals surface area contributed by atoms with Crippen LogP contribution in [-0.2, 0) is 6.54 Å². The van der Waals surface area contributed by atoms with E-state index in [1.165, 1.54) is 16.7 Å². The summed E-state index contributed by atoms with van der Waals surface area (Å²) >= 11 is 0. The molecule has 0 aliphatic heterocycles. The fourth-order valence-corrected chi connectivity index (χ4v) is 1.72. The summed E-state index contributed by atoms with van der Waals surface area (Å²) in [6.45, 7) is 5.06. The van der Waals surface area contributed by atoms with Crippen molar-refractivity contribution >= 4 is 5.69 Å². The molecule has 0 heterocycles. The van der Waals surface area contributed by atoms with Crippen LogP contribution < -0.4 is 10.9 Å². The van der Waals surface area contributed by atoms with E-state index in [4.69, 9.17) is 0 Å². The van der Waals surface area contributed by atoms with Gasteiger partial charge in [0, 0.05) is 6.54 Å². The normalized spacial score (nSPS) is 10.2. The van der Waals surface area contributed by atoms with Gasteiger partial charge in [-0.25, -0.2) is 5.43 Å². The summed E-state index contributed by atoms with van der Waals surface area (Å²) in [5.74, 6) is 0. The molecule has 2 aromatic carbocycles. The molecule has 0 radical (unpaired) electrons. The van der Waals surface area contributed by atoms with Crippen LogP contribution in [0.5, 0.6) is 0 Å². The Hall–Kier alpha value is -1.80. The summed E-state index contributed by atoms with van der Waals surface area (Å²) in [5.41, 5.74) is 11.5. The van der Waals surface area contributed by atoms with E-state index >= 15 is 0 Å². The molecular formula is C15H18N2. The lowest BCUT2D eigenvalue weighted by atomic mass is 10.1. The lowest BCUT2D eigenvalue weighted by molar-refractivity contribution is 0.799. The minimum atomic E-state index is 0.814. The third-order valence-corrected chi connectivity index (χ3v) is 2.96. The van der Waals surface area contributed by atoms with Crippen molar-refractivity contribution in [1.82, 2.24) is 5.43 Å². The zero-order valence-corrected chi connectivity index (χ0v) is 10.3. The second kappa shape index (κ2) is 5.51. The average Bonchev–Trinajstić information content (AvgIpc) is 2.36. The van der Waals surface area contributed by atoms with E-state index in [1.54, 1.807) is 0 Å². The lowest BCUT2D eigenvalue weighted by Gasteiger charge is -2.12. The van der Waals surface area contributed by atoms with Gasteiger partial charge in [0.25, 0.3) is 0 Å². The summed E-state index contributed by atoms with van der Waals surface area (Å²) in [5, 5.41) is 0. The number of anilines is 1. The molecule has 0 aromatic heterocycles. The Kier molecular flexibility index (Phi) is 3.78. The first-order chi connectivity index (χ1) is 8.27. The summed E-state index contributed by atoms with van der Waals surface area (Å²) in [7, 11) is 0. The van der Waals surface area contributed by atoms with Gasteiger partial charge >= 0.3 is 0 Å². The standard InChI is InChI=1S/C15H18N2/c1-12-7-6-10-15(13(12)2)17-16-11-14-8-4-3-5-9-14/h3-10,16-17H,11H2,1-2H3. The van der Waals surface area contributed by atoms with Crippen LogP contribution in [0.3, 0.4) is 0 Å². The van der Waals surface area contributed by atoms with E-state index in [0.29, 0.717) is 0 Å². The molecule has 0 aliphatic rings. The summed E-state index contributed by atoms with van der Waals surface area (Å²) in [6, 6.07) is 16.6. The van der Waals surface area contributed by atoms with Crippen molar-refractivity contribution in [3.63, 3.8) is 0 Å². The fourth-order valence-electron chi connectivity index (χ4n) is 1.72. The van der Waals surface area contributed by atoms with Gasteiger partial charge in [-0.05, 0) is 36.6 Å². The summed E-state index contributed by atoms with van der Waals surface area (Å²) < 4.78 is 0. The Morgan fingerprint density at radius 1 is 0.882 bits per heavy atom. The molecule has 0 unspecified atom stereocenters. The topological polar surface area (TPSA) is 24.1 Å². The third-order valence-electron chi connectivity index (χ3n) is 2.96. The molecule has 0 saturated carbocycles. The first-order valence-electron chi connectivity index (χ1n) is 5.86. The molecular weight excluding hydrogens is 208 g/mol. The summed E-state index contributed by atoms with van der Waals surface area (Å²) in [4.78, 5) is 0. The Bertz CT molecular complexity index is 478. The smallest absolute Gasteiger partial charge is 0.0519 e. The molecule has 88 valence electrons. The minimum absolute atomic E-state index is 0.814. The third kappa shape index (κ3) is 3.08. The van der Waals surface area contributed by atoms with E-state index < -0.39 is 0 Å². The maximum atomic E-state index is 3.25. The van der Waals surface area contributed by atoms with Crippen LogP contribution in [0.4, 0.5) is 5.69 Å². The van der Waals surface area contributed by atoms with Crippen LogP contribution in [0.1, 0.15) is 16.7 Å². The van der Waals surface area contributed by atoms with E-state index in [2.05, 4.69) is 67.2 Å². The van der Waals surface area contributed by atoms with Gasteiger partial charge in [-0.15, -0.1) is 0 Å². The quantitative estimate of drug-likeness (QED) is 0.781. The molecule has 0 bridgehead atoms. The number of rotatable bonds is 4. The second-order valence-corrected chi connectivity index (χ2v) is 4.21. The number of benzene rings is 2. The Morgan fingerprint density at radius 2 is 1.65 bits per heavy atom. The number of hydrogen-bond acceptors (Lipinski definition) is 2. The van der Waals surface area contributed by atoms with Crippen molar-refractivity contribution in [3.05, 3.63) is 65.2 Å². The van der Waals surface area contributed by atoms with Gasteiger partial charge in [0.2, 0.25) is 0 Å². The molecule has 0 fully saturated rings. The van der Waals surface area contributed by atoms with E-state index in [-0.39, 0.29) is 0 Å². The number of aryl methyl sites for hydroxylation is 1. The monoisotopic (exact) mass is 226 g/mol. The predicted octanol–water partition coefficient (Wildman–Crippen LogP) is 3.42. The first-order valence-corrected chi connectivity index (χ1v) is 5.86. The number of hydrogen-bond donors (Lipinski definition) is 2.